The van der Waals surface area contributed by atoms with E-state index in [-0.39, 0.29) is 6.10 Å². The molecule has 114 valence electrons. The Balaban J connectivity index is 1.64. The maximum atomic E-state index is 10.1. The van der Waals surface area contributed by atoms with Gasteiger partial charge >= 0.3 is 0 Å². The molecular formula is C16H19ClO4. The van der Waals surface area contributed by atoms with Crippen LogP contribution in [0.1, 0.15) is 19.4 Å². The highest BCUT2D eigenvalue weighted by Crippen LogP contribution is 2.43. The zero-order chi connectivity index (χ0) is 15.0. The van der Waals surface area contributed by atoms with E-state index in [2.05, 4.69) is 0 Å². The lowest BCUT2D eigenvalue weighted by molar-refractivity contribution is -0.153. The summed E-state index contributed by atoms with van der Waals surface area (Å²) in [5, 5.41) is 10.5. The van der Waals surface area contributed by atoms with Crippen molar-refractivity contribution in [2.45, 2.75) is 44.6 Å². The molecule has 1 aromatic rings. The van der Waals surface area contributed by atoms with E-state index in [0.29, 0.717) is 18.2 Å². The molecule has 1 aliphatic heterocycles. The normalized spacial score (nSPS) is 30.8. The Hall–Kier alpha value is -0.910. The number of aliphatic hydroxyl groups excluding tert-OH is 1. The summed E-state index contributed by atoms with van der Waals surface area (Å²) >= 11 is 6.20. The quantitative estimate of drug-likeness (QED) is 0.928. The SMILES string of the molecule is CC1(C)O[C@@H]2[C@H](O1)C(COCc1ccccc1)=C(Cl)[C@@H]2O. The van der Waals surface area contributed by atoms with Gasteiger partial charge in [-0.05, 0) is 19.4 Å². The van der Waals surface area contributed by atoms with Crippen LogP contribution in [0.4, 0.5) is 0 Å². The summed E-state index contributed by atoms with van der Waals surface area (Å²) in [6.07, 6.45) is -1.62. The van der Waals surface area contributed by atoms with E-state index in [1.165, 1.54) is 0 Å². The van der Waals surface area contributed by atoms with Gasteiger partial charge in [0, 0.05) is 5.57 Å². The van der Waals surface area contributed by atoms with Gasteiger partial charge in [0.05, 0.1) is 18.2 Å². The van der Waals surface area contributed by atoms with Crippen LogP contribution in [0.2, 0.25) is 0 Å². The van der Waals surface area contributed by atoms with Crippen molar-refractivity contribution < 1.29 is 19.3 Å². The Morgan fingerprint density at radius 1 is 1.19 bits per heavy atom. The number of hydrogen-bond acceptors (Lipinski definition) is 4. The van der Waals surface area contributed by atoms with E-state index >= 15 is 0 Å². The predicted octanol–water partition coefficient (Wildman–Crippen LogP) is 2.59. The lowest BCUT2D eigenvalue weighted by Gasteiger charge is -2.20. The molecule has 0 aromatic heterocycles. The zero-order valence-corrected chi connectivity index (χ0v) is 12.8. The second-order valence-electron chi connectivity index (χ2n) is 5.82. The van der Waals surface area contributed by atoms with Crippen LogP contribution in [0.5, 0.6) is 0 Å². The van der Waals surface area contributed by atoms with Crippen LogP contribution in [0.25, 0.3) is 0 Å². The molecule has 1 heterocycles. The summed E-state index contributed by atoms with van der Waals surface area (Å²) in [6.45, 7) is 4.47. The first-order valence-corrected chi connectivity index (χ1v) is 7.39. The number of aliphatic hydroxyl groups is 1. The van der Waals surface area contributed by atoms with E-state index in [4.69, 9.17) is 25.8 Å². The van der Waals surface area contributed by atoms with Crippen LogP contribution < -0.4 is 0 Å². The standard InChI is InChI=1S/C16H19ClO4/c1-16(2)20-14-11(12(17)13(18)15(14)21-16)9-19-8-10-6-4-3-5-7-10/h3-7,13-15,18H,8-9H2,1-2H3/t13-,14+,15-/m0/s1. The average molecular weight is 311 g/mol. The summed E-state index contributed by atoms with van der Waals surface area (Å²) in [5.41, 5.74) is 1.86. The van der Waals surface area contributed by atoms with Gasteiger partial charge in [0.15, 0.2) is 5.79 Å². The van der Waals surface area contributed by atoms with Crippen LogP contribution >= 0.6 is 11.6 Å². The molecule has 2 aliphatic rings. The lowest BCUT2D eigenvalue weighted by Crippen LogP contribution is -2.30. The van der Waals surface area contributed by atoms with Gasteiger partial charge in [-0.15, -0.1) is 0 Å². The molecule has 1 aromatic carbocycles. The van der Waals surface area contributed by atoms with E-state index in [0.717, 1.165) is 11.1 Å². The van der Waals surface area contributed by atoms with Crippen molar-refractivity contribution in [3.05, 3.63) is 46.5 Å². The minimum atomic E-state index is -0.839. The van der Waals surface area contributed by atoms with Crippen molar-refractivity contribution in [2.24, 2.45) is 0 Å². The molecule has 1 saturated heterocycles. The number of rotatable bonds is 4. The minimum Gasteiger partial charge on any atom is -0.385 e. The Labute approximate surface area is 129 Å². The Morgan fingerprint density at radius 2 is 1.90 bits per heavy atom. The maximum absolute atomic E-state index is 10.1. The fourth-order valence-corrected chi connectivity index (χ4v) is 3.05. The Bertz CT molecular complexity index is 540. The van der Waals surface area contributed by atoms with E-state index in [9.17, 15) is 5.11 Å². The van der Waals surface area contributed by atoms with Gasteiger partial charge in [-0.3, -0.25) is 0 Å². The molecule has 1 aliphatic carbocycles. The average Bonchev–Trinajstić information content (AvgIpc) is 2.87. The molecule has 0 saturated carbocycles. The summed E-state index contributed by atoms with van der Waals surface area (Å²) in [6, 6.07) is 9.90. The first-order valence-electron chi connectivity index (χ1n) is 7.02. The van der Waals surface area contributed by atoms with Gasteiger partial charge < -0.3 is 19.3 Å². The highest BCUT2D eigenvalue weighted by atomic mass is 35.5. The van der Waals surface area contributed by atoms with Crippen LogP contribution in [-0.4, -0.2) is 35.8 Å². The maximum Gasteiger partial charge on any atom is 0.164 e. The predicted molar refractivity (Wildman–Crippen MR) is 78.8 cm³/mol. The largest absolute Gasteiger partial charge is 0.385 e. The van der Waals surface area contributed by atoms with E-state index in [1.807, 2.05) is 44.2 Å². The summed E-state index contributed by atoms with van der Waals surface area (Å²) in [7, 11) is 0. The number of benzene rings is 1. The minimum absolute atomic E-state index is 0.325. The summed E-state index contributed by atoms with van der Waals surface area (Å²) in [4.78, 5) is 0. The number of hydrogen-bond donors (Lipinski definition) is 1. The van der Waals surface area contributed by atoms with Gasteiger partial charge in [0.2, 0.25) is 0 Å². The molecule has 1 N–H and O–H groups in total. The van der Waals surface area contributed by atoms with Crippen molar-refractivity contribution in [3.8, 4) is 0 Å². The van der Waals surface area contributed by atoms with Crippen molar-refractivity contribution in [1.29, 1.82) is 0 Å². The van der Waals surface area contributed by atoms with Crippen molar-refractivity contribution >= 4 is 11.6 Å². The molecule has 0 amide bonds. The first kappa shape index (κ1) is 15.0. The lowest BCUT2D eigenvalue weighted by atomic mass is 10.1. The van der Waals surface area contributed by atoms with Gasteiger partial charge in [-0.1, -0.05) is 41.9 Å². The monoisotopic (exact) mass is 310 g/mol. The molecule has 1 fully saturated rings. The third kappa shape index (κ3) is 3.00. The number of halogens is 1. The topological polar surface area (TPSA) is 47.9 Å². The highest BCUT2D eigenvalue weighted by Gasteiger charge is 2.52. The second kappa shape index (κ2) is 5.71. The molecule has 5 heteroatoms. The Kier molecular flexibility index (Phi) is 4.08. The molecule has 0 unspecified atom stereocenters. The van der Waals surface area contributed by atoms with Gasteiger partial charge in [-0.25, -0.2) is 0 Å². The Morgan fingerprint density at radius 3 is 2.62 bits per heavy atom. The molecule has 0 radical (unpaired) electrons. The molecule has 0 spiro atoms. The first-order chi connectivity index (χ1) is 9.98. The fourth-order valence-electron chi connectivity index (χ4n) is 2.76. The fraction of sp³-hybridized carbons (Fsp3) is 0.500. The van der Waals surface area contributed by atoms with Crippen LogP contribution in [0.3, 0.4) is 0 Å². The van der Waals surface area contributed by atoms with Crippen LogP contribution in [0, 0.1) is 0 Å². The van der Waals surface area contributed by atoms with Gasteiger partial charge in [0.1, 0.15) is 18.3 Å². The van der Waals surface area contributed by atoms with Crippen molar-refractivity contribution in [3.63, 3.8) is 0 Å². The van der Waals surface area contributed by atoms with Crippen molar-refractivity contribution in [2.75, 3.05) is 6.61 Å². The number of ether oxygens (including phenoxy) is 3. The van der Waals surface area contributed by atoms with E-state index in [1.54, 1.807) is 0 Å². The summed E-state index contributed by atoms with van der Waals surface area (Å²) < 4.78 is 17.2. The molecular weight excluding hydrogens is 292 g/mol. The van der Waals surface area contributed by atoms with Crippen LogP contribution in [-0.2, 0) is 20.8 Å². The molecule has 3 atom stereocenters. The third-order valence-electron chi connectivity index (χ3n) is 3.72. The van der Waals surface area contributed by atoms with E-state index < -0.39 is 18.0 Å². The third-order valence-corrected chi connectivity index (χ3v) is 4.19. The second-order valence-corrected chi connectivity index (χ2v) is 6.22. The van der Waals surface area contributed by atoms with Crippen LogP contribution in [0.15, 0.2) is 40.9 Å². The molecule has 0 bridgehead atoms. The zero-order valence-electron chi connectivity index (χ0n) is 12.1. The highest BCUT2D eigenvalue weighted by molar-refractivity contribution is 6.31. The number of fused-ring (bicyclic) bond motifs is 1. The molecule has 21 heavy (non-hydrogen) atoms. The smallest absolute Gasteiger partial charge is 0.164 e. The van der Waals surface area contributed by atoms with Crippen molar-refractivity contribution in [1.82, 2.24) is 0 Å². The van der Waals surface area contributed by atoms with Gasteiger partial charge in [-0.2, -0.15) is 0 Å². The molecule has 3 rings (SSSR count). The van der Waals surface area contributed by atoms with Gasteiger partial charge in [0.25, 0.3) is 0 Å². The summed E-state index contributed by atoms with van der Waals surface area (Å²) in [5.74, 6) is -0.710. The molecule has 4 nitrogen and oxygen atoms in total.